The van der Waals surface area contributed by atoms with E-state index < -0.39 is 11.9 Å². The van der Waals surface area contributed by atoms with Gasteiger partial charge in [0.1, 0.15) is 23.8 Å². The Morgan fingerprint density at radius 3 is 2.54 bits per heavy atom. The van der Waals surface area contributed by atoms with Gasteiger partial charge in [-0.05, 0) is 55.0 Å². The Hall–Kier alpha value is -3.70. The standard InChI is InChI=1S/C28H24F4N4O2S/c1-16-10-24(28(30,31)32)33-12-21(16)27-25(20-6-7-23-22(13-34-35-23)26(20)39-27)38-19-4-2-18(3-5-19)37-9-8-36-14-17(11-29)15-36/h2-7,10,12-13,17H,8-9,11,14-15H2,1H3,(H,34,35). The molecule has 3 aromatic heterocycles. The summed E-state index contributed by atoms with van der Waals surface area (Å²) in [6.07, 6.45) is -1.54. The predicted molar refractivity (Wildman–Crippen MR) is 142 cm³/mol. The molecule has 11 heteroatoms. The number of H-pyrrole nitrogens is 1. The van der Waals surface area contributed by atoms with E-state index in [0.29, 0.717) is 39.9 Å². The van der Waals surface area contributed by atoms with Crippen LogP contribution in [0.2, 0.25) is 0 Å². The Balaban J connectivity index is 1.29. The fourth-order valence-electron chi connectivity index (χ4n) is 4.75. The summed E-state index contributed by atoms with van der Waals surface area (Å²) in [7, 11) is 0. The number of nitrogens with zero attached hydrogens (tertiary/aromatic N) is 3. The van der Waals surface area contributed by atoms with Crippen LogP contribution in [0.15, 0.2) is 54.9 Å². The Morgan fingerprint density at radius 1 is 1.05 bits per heavy atom. The Morgan fingerprint density at radius 2 is 1.82 bits per heavy atom. The Bertz CT molecular complexity index is 1620. The van der Waals surface area contributed by atoms with Gasteiger partial charge in [0.15, 0.2) is 5.75 Å². The predicted octanol–water partition coefficient (Wildman–Crippen LogP) is 7.24. The van der Waals surface area contributed by atoms with Crippen LogP contribution in [0, 0.1) is 12.8 Å². The molecule has 1 aliphatic heterocycles. The maximum absolute atomic E-state index is 13.3. The van der Waals surface area contributed by atoms with Gasteiger partial charge >= 0.3 is 6.18 Å². The van der Waals surface area contributed by atoms with Gasteiger partial charge in [0.2, 0.25) is 0 Å². The molecule has 0 radical (unpaired) electrons. The Kier molecular flexibility index (Phi) is 6.64. The molecule has 0 aliphatic carbocycles. The second-order valence-corrected chi connectivity index (χ2v) is 10.6. The summed E-state index contributed by atoms with van der Waals surface area (Å²) in [6.45, 7) is 4.13. The van der Waals surface area contributed by atoms with Gasteiger partial charge in [-0.2, -0.15) is 18.3 Å². The average molecular weight is 557 g/mol. The van der Waals surface area contributed by atoms with Crippen LogP contribution >= 0.6 is 11.3 Å². The van der Waals surface area contributed by atoms with Crippen LogP contribution in [-0.2, 0) is 6.18 Å². The van der Waals surface area contributed by atoms with E-state index in [2.05, 4.69) is 20.1 Å². The molecule has 0 amide bonds. The van der Waals surface area contributed by atoms with Crippen LogP contribution in [-0.4, -0.2) is 53.0 Å². The normalized spacial score (nSPS) is 14.7. The summed E-state index contributed by atoms with van der Waals surface area (Å²) >= 11 is 1.43. The highest BCUT2D eigenvalue weighted by Gasteiger charge is 2.33. The number of fused-ring (bicyclic) bond motifs is 3. The number of hydrogen-bond donors (Lipinski definition) is 1. The van der Waals surface area contributed by atoms with Gasteiger partial charge in [0.05, 0.1) is 23.3 Å². The lowest BCUT2D eigenvalue weighted by molar-refractivity contribution is -0.141. The first-order valence-corrected chi connectivity index (χ1v) is 13.2. The van der Waals surface area contributed by atoms with Gasteiger partial charge in [-0.15, -0.1) is 11.3 Å². The molecular formula is C28H24F4N4O2S. The van der Waals surface area contributed by atoms with E-state index >= 15 is 0 Å². The minimum atomic E-state index is -4.53. The molecule has 4 heterocycles. The Labute approximate surface area is 225 Å². The highest BCUT2D eigenvalue weighted by atomic mass is 32.1. The van der Waals surface area contributed by atoms with Crippen LogP contribution in [0.1, 0.15) is 11.3 Å². The number of nitrogens with one attached hydrogen (secondary N) is 1. The summed E-state index contributed by atoms with van der Waals surface area (Å²) in [5.41, 5.74) is 0.929. The first-order valence-electron chi connectivity index (χ1n) is 12.4. The second kappa shape index (κ2) is 10.1. The van der Waals surface area contributed by atoms with Gasteiger partial charge in [-0.1, -0.05) is 0 Å². The summed E-state index contributed by atoms with van der Waals surface area (Å²) in [6, 6.07) is 12.1. The zero-order chi connectivity index (χ0) is 27.1. The van der Waals surface area contributed by atoms with Crippen molar-refractivity contribution >= 4 is 32.3 Å². The molecule has 0 unspecified atom stereocenters. The van der Waals surface area contributed by atoms with E-state index in [1.807, 2.05) is 24.3 Å². The number of aromatic amines is 1. The molecule has 1 aliphatic rings. The fourth-order valence-corrected chi connectivity index (χ4v) is 6.07. The van der Waals surface area contributed by atoms with Crippen molar-refractivity contribution in [1.29, 1.82) is 0 Å². The highest BCUT2D eigenvalue weighted by molar-refractivity contribution is 7.23. The topological polar surface area (TPSA) is 63.3 Å². The first kappa shape index (κ1) is 25.6. The van der Waals surface area contributed by atoms with E-state index in [-0.39, 0.29) is 12.6 Å². The average Bonchev–Trinajstić information content (AvgIpc) is 3.50. The van der Waals surface area contributed by atoms with E-state index in [1.54, 1.807) is 25.3 Å². The summed E-state index contributed by atoms with van der Waals surface area (Å²) < 4.78 is 65.5. The maximum Gasteiger partial charge on any atom is 0.433 e. The quantitative estimate of drug-likeness (QED) is 0.204. The molecular weight excluding hydrogens is 532 g/mol. The fraction of sp³-hybridized carbons (Fsp3) is 0.286. The summed E-state index contributed by atoms with van der Waals surface area (Å²) in [4.78, 5) is 6.53. The van der Waals surface area contributed by atoms with E-state index in [1.165, 1.54) is 17.5 Å². The summed E-state index contributed by atoms with van der Waals surface area (Å²) in [5.74, 6) is 1.92. The van der Waals surface area contributed by atoms with Crippen molar-refractivity contribution in [3.05, 3.63) is 66.1 Å². The third-order valence-corrected chi connectivity index (χ3v) is 8.10. The number of thiophene rings is 1. The van der Waals surface area contributed by atoms with Crippen LogP contribution in [0.25, 0.3) is 31.4 Å². The van der Waals surface area contributed by atoms with Gasteiger partial charge in [-0.25, -0.2) is 0 Å². The first-order chi connectivity index (χ1) is 18.8. The number of hydrogen-bond acceptors (Lipinski definition) is 6. The molecule has 2 aromatic carbocycles. The minimum Gasteiger partial charge on any atom is -0.492 e. The van der Waals surface area contributed by atoms with Gasteiger partial charge < -0.3 is 9.47 Å². The smallest absolute Gasteiger partial charge is 0.433 e. The molecule has 0 atom stereocenters. The number of aryl methyl sites for hydroxylation is 1. The highest BCUT2D eigenvalue weighted by Crippen LogP contribution is 2.49. The number of likely N-dealkylation sites (tertiary alicyclic amines) is 1. The van der Waals surface area contributed by atoms with Crippen molar-refractivity contribution < 1.29 is 27.0 Å². The van der Waals surface area contributed by atoms with Crippen molar-refractivity contribution in [2.75, 3.05) is 32.9 Å². The van der Waals surface area contributed by atoms with Crippen molar-refractivity contribution in [2.24, 2.45) is 5.92 Å². The van der Waals surface area contributed by atoms with E-state index in [0.717, 1.165) is 46.7 Å². The third-order valence-electron chi connectivity index (χ3n) is 6.85. The van der Waals surface area contributed by atoms with Crippen LogP contribution in [0.3, 0.4) is 0 Å². The van der Waals surface area contributed by atoms with Gasteiger partial charge in [0, 0.05) is 52.8 Å². The molecule has 0 saturated carbocycles. The second-order valence-electron chi connectivity index (χ2n) is 9.62. The van der Waals surface area contributed by atoms with Crippen molar-refractivity contribution in [3.8, 4) is 27.7 Å². The SMILES string of the molecule is Cc1cc(C(F)(F)F)ncc1-c1sc2c(ccc3[nH]ncc32)c1Oc1ccc(OCCN2CC(CF)C2)cc1. The maximum atomic E-state index is 13.3. The number of aromatic nitrogens is 3. The molecule has 1 fully saturated rings. The molecule has 202 valence electrons. The lowest BCUT2D eigenvalue weighted by atomic mass is 10.0. The third kappa shape index (κ3) is 5.04. The number of rotatable bonds is 8. The molecule has 6 nitrogen and oxygen atoms in total. The van der Waals surface area contributed by atoms with Crippen molar-refractivity contribution in [3.63, 3.8) is 0 Å². The van der Waals surface area contributed by atoms with Crippen LogP contribution in [0.4, 0.5) is 17.6 Å². The van der Waals surface area contributed by atoms with E-state index in [4.69, 9.17) is 9.47 Å². The number of halogens is 4. The minimum absolute atomic E-state index is 0.145. The van der Waals surface area contributed by atoms with Gasteiger partial charge in [-0.3, -0.25) is 19.4 Å². The molecule has 1 saturated heterocycles. The molecule has 1 N–H and O–H groups in total. The van der Waals surface area contributed by atoms with E-state index in [9.17, 15) is 17.6 Å². The number of ether oxygens (including phenoxy) is 2. The number of benzene rings is 2. The van der Waals surface area contributed by atoms with Crippen molar-refractivity contribution in [1.82, 2.24) is 20.1 Å². The zero-order valence-corrected chi connectivity index (χ0v) is 21.7. The van der Waals surface area contributed by atoms with Crippen LogP contribution in [0.5, 0.6) is 17.2 Å². The summed E-state index contributed by atoms with van der Waals surface area (Å²) in [5, 5.41) is 8.81. The van der Waals surface area contributed by atoms with Crippen LogP contribution < -0.4 is 9.47 Å². The lowest BCUT2D eigenvalue weighted by Gasteiger charge is -2.37. The lowest BCUT2D eigenvalue weighted by Crippen LogP contribution is -2.49. The zero-order valence-electron chi connectivity index (χ0n) is 20.9. The van der Waals surface area contributed by atoms with Crippen molar-refractivity contribution in [2.45, 2.75) is 13.1 Å². The largest absolute Gasteiger partial charge is 0.492 e. The molecule has 39 heavy (non-hydrogen) atoms. The molecule has 0 spiro atoms. The monoisotopic (exact) mass is 556 g/mol. The van der Waals surface area contributed by atoms with Gasteiger partial charge in [0.25, 0.3) is 0 Å². The molecule has 5 aromatic rings. The number of alkyl halides is 4. The number of pyridine rings is 1. The molecule has 6 rings (SSSR count). The molecule has 0 bridgehead atoms.